The zero-order valence-electron chi connectivity index (χ0n) is 12.8. The van der Waals surface area contributed by atoms with Gasteiger partial charge in [0.1, 0.15) is 5.60 Å². The van der Waals surface area contributed by atoms with Crippen LogP contribution in [0.5, 0.6) is 0 Å². The highest BCUT2D eigenvalue weighted by molar-refractivity contribution is 6.74. The van der Waals surface area contributed by atoms with Crippen LogP contribution in [0.15, 0.2) is 12.2 Å². The molecular formula is C13H28O3Si. The summed E-state index contributed by atoms with van der Waals surface area (Å²) in [6.45, 7) is 16.9. The van der Waals surface area contributed by atoms with Crippen LogP contribution in [0.3, 0.4) is 0 Å². The summed E-state index contributed by atoms with van der Waals surface area (Å²) in [7, 11) is -0.280. The van der Waals surface area contributed by atoms with Crippen molar-refractivity contribution in [1.29, 1.82) is 0 Å². The van der Waals surface area contributed by atoms with Crippen LogP contribution in [-0.2, 0) is 13.9 Å². The molecule has 0 fully saturated rings. The number of rotatable bonds is 4. The van der Waals surface area contributed by atoms with Crippen molar-refractivity contribution in [3.05, 3.63) is 12.2 Å². The van der Waals surface area contributed by atoms with Gasteiger partial charge in [-0.15, -0.1) is 0 Å². The molecule has 0 aromatic rings. The van der Waals surface area contributed by atoms with E-state index in [1.807, 2.05) is 20.8 Å². The van der Waals surface area contributed by atoms with Crippen LogP contribution in [0.2, 0.25) is 18.1 Å². The molecule has 0 aliphatic heterocycles. The maximum absolute atomic E-state index is 6.07. The van der Waals surface area contributed by atoms with E-state index in [0.29, 0.717) is 5.95 Å². The molecule has 0 heterocycles. The topological polar surface area (TPSA) is 27.7 Å². The summed E-state index contributed by atoms with van der Waals surface area (Å²) < 4.78 is 16.8. The SMILES string of the molecule is CO/C=C(/OC(C)(C)C)O[Si](C)(C)C(C)(C)C. The highest BCUT2D eigenvalue weighted by Gasteiger charge is 2.40. The Morgan fingerprint density at radius 3 is 1.76 bits per heavy atom. The molecule has 0 N–H and O–H groups in total. The van der Waals surface area contributed by atoms with E-state index in [1.54, 1.807) is 7.11 Å². The van der Waals surface area contributed by atoms with Crippen molar-refractivity contribution in [1.82, 2.24) is 0 Å². The number of hydrogen-bond acceptors (Lipinski definition) is 3. The van der Waals surface area contributed by atoms with Crippen LogP contribution in [0.4, 0.5) is 0 Å². The predicted octanol–water partition coefficient (Wildman–Crippen LogP) is 4.27. The lowest BCUT2D eigenvalue weighted by Gasteiger charge is -2.37. The minimum atomic E-state index is -1.88. The summed E-state index contributed by atoms with van der Waals surface area (Å²) in [4.78, 5) is 0. The van der Waals surface area contributed by atoms with Crippen molar-refractivity contribution in [2.75, 3.05) is 7.11 Å². The van der Waals surface area contributed by atoms with Gasteiger partial charge in [0.25, 0.3) is 8.32 Å². The number of ether oxygens (including phenoxy) is 2. The summed E-state index contributed by atoms with van der Waals surface area (Å²) in [5.74, 6) is 0.478. The molecule has 0 atom stereocenters. The minimum Gasteiger partial charge on any atom is -0.517 e. The van der Waals surface area contributed by atoms with E-state index in [1.165, 1.54) is 6.26 Å². The van der Waals surface area contributed by atoms with Crippen LogP contribution in [0.1, 0.15) is 41.5 Å². The van der Waals surface area contributed by atoms with Gasteiger partial charge in [-0.05, 0) is 38.9 Å². The normalized spacial score (nSPS) is 14.5. The maximum Gasteiger partial charge on any atom is 0.302 e. The Hall–Kier alpha value is -0.643. The Labute approximate surface area is 107 Å². The summed E-state index contributed by atoms with van der Waals surface area (Å²) in [6.07, 6.45) is 1.53. The Bertz CT molecular complexity index is 269. The summed E-state index contributed by atoms with van der Waals surface area (Å²) in [6, 6.07) is 0. The molecular weight excluding hydrogens is 232 g/mol. The van der Waals surface area contributed by atoms with Gasteiger partial charge >= 0.3 is 5.95 Å². The predicted molar refractivity (Wildman–Crippen MR) is 74.2 cm³/mol. The average Bonchev–Trinajstić information content (AvgIpc) is 1.97. The third-order valence-electron chi connectivity index (χ3n) is 2.78. The summed E-state index contributed by atoms with van der Waals surface area (Å²) in [5.41, 5.74) is -0.285. The third kappa shape index (κ3) is 6.01. The molecule has 102 valence electrons. The van der Waals surface area contributed by atoms with Crippen molar-refractivity contribution in [2.45, 2.75) is 65.3 Å². The van der Waals surface area contributed by atoms with Gasteiger partial charge in [-0.3, -0.25) is 0 Å². The van der Waals surface area contributed by atoms with Crippen molar-refractivity contribution >= 4 is 8.32 Å². The zero-order chi connectivity index (χ0) is 13.9. The highest BCUT2D eigenvalue weighted by Crippen LogP contribution is 2.38. The second-order valence-corrected chi connectivity index (χ2v) is 11.5. The fourth-order valence-corrected chi connectivity index (χ4v) is 1.77. The lowest BCUT2D eigenvalue weighted by Crippen LogP contribution is -2.41. The quantitative estimate of drug-likeness (QED) is 0.558. The van der Waals surface area contributed by atoms with Gasteiger partial charge < -0.3 is 13.9 Å². The third-order valence-corrected chi connectivity index (χ3v) is 7.11. The van der Waals surface area contributed by atoms with E-state index < -0.39 is 8.32 Å². The van der Waals surface area contributed by atoms with E-state index in [2.05, 4.69) is 33.9 Å². The molecule has 0 aromatic carbocycles. The van der Waals surface area contributed by atoms with Crippen LogP contribution >= 0.6 is 0 Å². The van der Waals surface area contributed by atoms with Gasteiger partial charge in [0.15, 0.2) is 6.26 Å². The molecule has 0 bridgehead atoms. The molecule has 0 aliphatic carbocycles. The molecule has 0 amide bonds. The van der Waals surface area contributed by atoms with E-state index in [-0.39, 0.29) is 10.6 Å². The fourth-order valence-electron chi connectivity index (χ4n) is 0.872. The van der Waals surface area contributed by atoms with Crippen molar-refractivity contribution in [3.8, 4) is 0 Å². The van der Waals surface area contributed by atoms with E-state index in [0.717, 1.165) is 0 Å². The molecule has 0 radical (unpaired) electrons. The Kier molecular flexibility index (Phi) is 5.13. The fraction of sp³-hybridized carbons (Fsp3) is 0.846. The first-order chi connectivity index (χ1) is 7.39. The first-order valence-corrected chi connectivity index (χ1v) is 8.91. The van der Waals surface area contributed by atoms with Crippen molar-refractivity contribution in [3.63, 3.8) is 0 Å². The van der Waals surface area contributed by atoms with Gasteiger partial charge in [-0.1, -0.05) is 20.8 Å². The Morgan fingerprint density at radius 1 is 1.00 bits per heavy atom. The molecule has 0 unspecified atom stereocenters. The molecule has 0 aromatic heterocycles. The van der Waals surface area contributed by atoms with Gasteiger partial charge in [-0.2, -0.15) is 0 Å². The lowest BCUT2D eigenvalue weighted by molar-refractivity contribution is -0.0173. The summed E-state index contributed by atoms with van der Waals surface area (Å²) >= 11 is 0. The van der Waals surface area contributed by atoms with Crippen molar-refractivity contribution in [2.24, 2.45) is 0 Å². The molecule has 4 heteroatoms. The lowest BCUT2D eigenvalue weighted by atomic mass is 10.2. The van der Waals surface area contributed by atoms with Crippen LogP contribution in [-0.4, -0.2) is 21.0 Å². The molecule has 0 spiro atoms. The molecule has 0 saturated heterocycles. The average molecular weight is 260 g/mol. The molecule has 3 nitrogen and oxygen atoms in total. The van der Waals surface area contributed by atoms with E-state index in [4.69, 9.17) is 13.9 Å². The van der Waals surface area contributed by atoms with Gasteiger partial charge in [0.05, 0.1) is 7.11 Å². The van der Waals surface area contributed by atoms with Gasteiger partial charge in [0, 0.05) is 0 Å². The Balaban J connectivity index is 4.85. The zero-order valence-corrected chi connectivity index (χ0v) is 13.8. The van der Waals surface area contributed by atoms with Crippen LogP contribution in [0.25, 0.3) is 0 Å². The standard InChI is InChI=1S/C13H28O3Si/c1-12(2,3)15-11(10-14-7)16-17(8,9)13(4,5)6/h10H,1-9H3/b11-10-. The molecule has 0 rings (SSSR count). The summed E-state index contributed by atoms with van der Waals surface area (Å²) in [5, 5.41) is 0.140. The second kappa shape index (κ2) is 5.34. The largest absolute Gasteiger partial charge is 0.517 e. The first-order valence-electron chi connectivity index (χ1n) is 6.00. The maximum atomic E-state index is 6.07. The van der Waals surface area contributed by atoms with Gasteiger partial charge in [0.2, 0.25) is 0 Å². The Morgan fingerprint density at radius 2 is 1.47 bits per heavy atom. The number of methoxy groups -OCH3 is 1. The molecule has 17 heavy (non-hydrogen) atoms. The minimum absolute atomic E-state index is 0.140. The van der Waals surface area contributed by atoms with Crippen LogP contribution < -0.4 is 0 Å². The van der Waals surface area contributed by atoms with Gasteiger partial charge in [-0.25, -0.2) is 0 Å². The first kappa shape index (κ1) is 16.4. The van der Waals surface area contributed by atoms with E-state index in [9.17, 15) is 0 Å². The second-order valence-electron chi connectivity index (χ2n) is 6.75. The smallest absolute Gasteiger partial charge is 0.302 e. The van der Waals surface area contributed by atoms with E-state index >= 15 is 0 Å². The monoisotopic (exact) mass is 260 g/mol. The highest BCUT2D eigenvalue weighted by atomic mass is 28.4. The van der Waals surface area contributed by atoms with Crippen molar-refractivity contribution < 1.29 is 13.9 Å². The van der Waals surface area contributed by atoms with Crippen LogP contribution in [0, 0.1) is 0 Å². The molecule has 0 saturated carbocycles. The molecule has 0 aliphatic rings. The number of hydrogen-bond donors (Lipinski definition) is 0.